The molecule has 1 aliphatic heterocycles. The Labute approximate surface area is 206 Å². The molecule has 0 aromatic heterocycles. The molecule has 0 aliphatic carbocycles. The van der Waals surface area contributed by atoms with Gasteiger partial charge in [0.1, 0.15) is 5.75 Å². The van der Waals surface area contributed by atoms with Crippen molar-refractivity contribution >= 4 is 50.9 Å². The summed E-state index contributed by atoms with van der Waals surface area (Å²) in [5.74, 6) is -0.476. The summed E-state index contributed by atoms with van der Waals surface area (Å²) in [6.07, 6.45) is 0.00870. The van der Waals surface area contributed by atoms with Gasteiger partial charge < -0.3 is 10.1 Å². The first-order chi connectivity index (χ1) is 16.7. The Hall–Kier alpha value is -3.67. The SMILES string of the molecule is COc1cccc(C(=O)Nc2ccc(SC3CC(=O)N(c4ccc(S(N)(=O)=O)cc4)C3=O)cc2)c1. The van der Waals surface area contributed by atoms with E-state index in [9.17, 15) is 22.8 Å². The number of hydrogen-bond acceptors (Lipinski definition) is 7. The van der Waals surface area contributed by atoms with E-state index >= 15 is 0 Å². The molecule has 35 heavy (non-hydrogen) atoms. The smallest absolute Gasteiger partial charge is 0.255 e. The van der Waals surface area contributed by atoms with Crippen molar-refractivity contribution in [2.24, 2.45) is 5.14 Å². The highest BCUT2D eigenvalue weighted by Gasteiger charge is 2.40. The summed E-state index contributed by atoms with van der Waals surface area (Å²) >= 11 is 1.24. The summed E-state index contributed by atoms with van der Waals surface area (Å²) in [5.41, 5.74) is 1.31. The highest BCUT2D eigenvalue weighted by Crippen LogP contribution is 2.34. The fourth-order valence-corrected chi connectivity index (χ4v) is 5.07. The van der Waals surface area contributed by atoms with Crippen molar-refractivity contribution in [3.63, 3.8) is 0 Å². The molecular weight excluding hydrogens is 490 g/mol. The number of sulfonamides is 1. The number of ether oxygens (including phenoxy) is 1. The second kappa shape index (κ2) is 9.90. The number of carbonyl (C=O) groups is 3. The van der Waals surface area contributed by atoms with Gasteiger partial charge in [0.2, 0.25) is 21.8 Å². The fourth-order valence-electron chi connectivity index (χ4n) is 3.50. The molecule has 0 spiro atoms. The number of carbonyl (C=O) groups excluding carboxylic acids is 3. The molecule has 180 valence electrons. The number of nitrogens with two attached hydrogens (primary N) is 1. The highest BCUT2D eigenvalue weighted by molar-refractivity contribution is 8.00. The van der Waals surface area contributed by atoms with E-state index in [0.717, 1.165) is 9.80 Å². The van der Waals surface area contributed by atoms with Crippen LogP contribution in [0.5, 0.6) is 5.75 Å². The van der Waals surface area contributed by atoms with Crippen molar-refractivity contribution in [2.45, 2.75) is 21.5 Å². The molecule has 1 atom stereocenters. The number of thioether (sulfide) groups is 1. The van der Waals surface area contributed by atoms with Crippen LogP contribution >= 0.6 is 11.8 Å². The van der Waals surface area contributed by atoms with Gasteiger partial charge >= 0.3 is 0 Å². The van der Waals surface area contributed by atoms with Crippen LogP contribution in [0.2, 0.25) is 0 Å². The number of anilines is 2. The van der Waals surface area contributed by atoms with Crippen molar-refractivity contribution < 1.29 is 27.5 Å². The first kappa shape index (κ1) is 24.5. The van der Waals surface area contributed by atoms with Gasteiger partial charge in [0.15, 0.2) is 0 Å². The molecule has 9 nitrogen and oxygen atoms in total. The topological polar surface area (TPSA) is 136 Å². The maximum absolute atomic E-state index is 12.9. The van der Waals surface area contributed by atoms with Crippen molar-refractivity contribution in [1.29, 1.82) is 0 Å². The van der Waals surface area contributed by atoms with E-state index in [0.29, 0.717) is 17.0 Å². The van der Waals surface area contributed by atoms with Crippen molar-refractivity contribution in [3.8, 4) is 5.75 Å². The largest absolute Gasteiger partial charge is 0.497 e. The lowest BCUT2D eigenvalue weighted by Gasteiger charge is -2.15. The summed E-state index contributed by atoms with van der Waals surface area (Å²) < 4.78 is 28.0. The lowest BCUT2D eigenvalue weighted by Crippen LogP contribution is -2.31. The van der Waals surface area contributed by atoms with E-state index in [-0.39, 0.29) is 28.8 Å². The predicted molar refractivity (Wildman–Crippen MR) is 132 cm³/mol. The second-order valence-corrected chi connectivity index (χ2v) is 10.5. The van der Waals surface area contributed by atoms with Gasteiger partial charge in [0.25, 0.3) is 5.91 Å². The van der Waals surface area contributed by atoms with Crippen LogP contribution in [0.4, 0.5) is 11.4 Å². The molecule has 1 heterocycles. The van der Waals surface area contributed by atoms with Crippen LogP contribution in [-0.2, 0) is 19.6 Å². The Morgan fingerprint density at radius 3 is 2.37 bits per heavy atom. The van der Waals surface area contributed by atoms with Crippen LogP contribution in [0.1, 0.15) is 16.8 Å². The first-order valence-corrected chi connectivity index (χ1v) is 12.8. The van der Waals surface area contributed by atoms with E-state index in [1.54, 1.807) is 48.5 Å². The molecule has 3 aromatic carbocycles. The third-order valence-corrected chi connectivity index (χ3v) is 7.38. The summed E-state index contributed by atoms with van der Waals surface area (Å²) in [5, 5.41) is 7.27. The van der Waals surface area contributed by atoms with Crippen molar-refractivity contribution in [2.75, 3.05) is 17.3 Å². The van der Waals surface area contributed by atoms with Gasteiger partial charge in [-0.2, -0.15) is 0 Å². The number of nitrogens with zero attached hydrogens (tertiary/aromatic N) is 1. The Morgan fingerprint density at radius 1 is 1.06 bits per heavy atom. The quantitative estimate of drug-likeness (QED) is 0.465. The minimum atomic E-state index is -3.88. The summed E-state index contributed by atoms with van der Waals surface area (Å²) in [4.78, 5) is 39.6. The highest BCUT2D eigenvalue weighted by atomic mass is 32.2. The van der Waals surface area contributed by atoms with Crippen LogP contribution in [0.25, 0.3) is 0 Å². The van der Waals surface area contributed by atoms with Gasteiger partial charge in [-0.05, 0) is 66.7 Å². The molecule has 1 saturated heterocycles. The molecule has 1 aliphatic rings. The lowest BCUT2D eigenvalue weighted by atomic mass is 10.2. The van der Waals surface area contributed by atoms with Crippen LogP contribution in [0, 0.1) is 0 Å². The number of imide groups is 1. The molecule has 3 N–H and O–H groups in total. The average Bonchev–Trinajstić information content (AvgIpc) is 3.12. The monoisotopic (exact) mass is 511 g/mol. The fraction of sp³-hybridized carbons (Fsp3) is 0.125. The molecule has 0 bridgehead atoms. The van der Waals surface area contributed by atoms with Crippen LogP contribution in [0.3, 0.4) is 0 Å². The van der Waals surface area contributed by atoms with Crippen molar-refractivity contribution in [3.05, 3.63) is 78.4 Å². The van der Waals surface area contributed by atoms with E-state index in [4.69, 9.17) is 9.88 Å². The molecule has 11 heteroatoms. The molecular formula is C24H21N3O6S2. The van der Waals surface area contributed by atoms with Gasteiger partial charge in [-0.1, -0.05) is 6.07 Å². The van der Waals surface area contributed by atoms with Gasteiger partial charge in [-0.3, -0.25) is 14.4 Å². The molecule has 1 fully saturated rings. The minimum absolute atomic E-state index is 0.00870. The van der Waals surface area contributed by atoms with Gasteiger partial charge in [-0.25, -0.2) is 18.5 Å². The molecule has 3 amide bonds. The average molecular weight is 512 g/mol. The molecule has 4 rings (SSSR count). The van der Waals surface area contributed by atoms with Crippen LogP contribution in [-0.4, -0.2) is 38.5 Å². The second-order valence-electron chi connectivity index (χ2n) is 7.63. The number of amides is 3. The van der Waals surface area contributed by atoms with E-state index < -0.39 is 21.2 Å². The number of primary sulfonamides is 1. The zero-order chi connectivity index (χ0) is 25.2. The molecule has 3 aromatic rings. The maximum atomic E-state index is 12.9. The van der Waals surface area contributed by atoms with E-state index in [2.05, 4.69) is 5.32 Å². The number of hydrogen-bond donors (Lipinski definition) is 2. The number of benzene rings is 3. The van der Waals surface area contributed by atoms with Gasteiger partial charge in [-0.15, -0.1) is 11.8 Å². The maximum Gasteiger partial charge on any atom is 0.255 e. The zero-order valence-electron chi connectivity index (χ0n) is 18.5. The number of rotatable bonds is 7. The van der Waals surface area contributed by atoms with Crippen LogP contribution in [0.15, 0.2) is 82.6 Å². The number of nitrogens with one attached hydrogen (secondary N) is 1. The summed E-state index contributed by atoms with van der Waals surface area (Å²) in [6, 6.07) is 19.0. The Kier molecular flexibility index (Phi) is 6.92. The zero-order valence-corrected chi connectivity index (χ0v) is 20.1. The predicted octanol–water partition coefficient (Wildman–Crippen LogP) is 3.02. The van der Waals surface area contributed by atoms with Gasteiger partial charge in [0, 0.05) is 22.6 Å². The Morgan fingerprint density at radius 2 is 1.74 bits per heavy atom. The lowest BCUT2D eigenvalue weighted by molar-refractivity contribution is -0.121. The normalized spacial score (nSPS) is 15.8. The number of methoxy groups -OCH3 is 1. The first-order valence-electron chi connectivity index (χ1n) is 10.4. The van der Waals surface area contributed by atoms with E-state index in [1.807, 2.05) is 0 Å². The van der Waals surface area contributed by atoms with Crippen molar-refractivity contribution in [1.82, 2.24) is 0 Å². The standard InChI is InChI=1S/C24H21N3O6S2/c1-33-18-4-2-3-15(13-18)23(29)26-16-5-9-19(10-6-16)34-21-14-22(28)27(24(21)30)17-7-11-20(12-8-17)35(25,31)32/h2-13,21H,14H2,1H3,(H,26,29)(H2,25,31,32). The third-order valence-electron chi connectivity index (χ3n) is 5.25. The third kappa shape index (κ3) is 5.53. The summed E-state index contributed by atoms with van der Waals surface area (Å²) in [6.45, 7) is 0. The molecule has 0 saturated carbocycles. The van der Waals surface area contributed by atoms with E-state index in [1.165, 1.54) is 43.1 Å². The van der Waals surface area contributed by atoms with Gasteiger partial charge in [0.05, 0.1) is 22.9 Å². The minimum Gasteiger partial charge on any atom is -0.497 e. The summed E-state index contributed by atoms with van der Waals surface area (Å²) in [7, 11) is -2.35. The molecule has 0 radical (unpaired) electrons. The van der Waals surface area contributed by atoms with Crippen LogP contribution < -0.4 is 20.1 Å². The Balaban J connectivity index is 1.41. The Bertz CT molecular complexity index is 1390. The molecule has 1 unspecified atom stereocenters.